The SMILES string of the molecule is C/C(O)=C(\c1ccccc1)C(O)CCc1ccccc1Br. The van der Waals surface area contributed by atoms with Gasteiger partial charge in [-0.3, -0.25) is 0 Å². The van der Waals surface area contributed by atoms with Gasteiger partial charge in [0, 0.05) is 10.0 Å². The molecule has 0 fully saturated rings. The van der Waals surface area contributed by atoms with Crippen LogP contribution in [0.25, 0.3) is 5.57 Å². The fourth-order valence-corrected chi connectivity index (χ4v) is 2.88. The van der Waals surface area contributed by atoms with Gasteiger partial charge in [-0.2, -0.15) is 0 Å². The Hall–Kier alpha value is -1.58. The predicted octanol–water partition coefficient (Wildman–Crippen LogP) is 4.73. The zero-order chi connectivity index (χ0) is 15.2. The Kier molecular flexibility index (Phi) is 5.59. The fraction of sp³-hybridized carbons (Fsp3) is 0.222. The van der Waals surface area contributed by atoms with Gasteiger partial charge in [0.05, 0.1) is 11.9 Å². The number of halogens is 1. The van der Waals surface area contributed by atoms with E-state index in [1.54, 1.807) is 6.92 Å². The molecule has 2 N–H and O–H groups in total. The monoisotopic (exact) mass is 346 g/mol. The van der Waals surface area contributed by atoms with E-state index in [1.165, 1.54) is 0 Å². The molecule has 0 aliphatic rings. The molecule has 2 rings (SSSR count). The first-order chi connectivity index (χ1) is 10.1. The molecule has 1 unspecified atom stereocenters. The molecule has 21 heavy (non-hydrogen) atoms. The van der Waals surface area contributed by atoms with Gasteiger partial charge in [0.1, 0.15) is 0 Å². The van der Waals surface area contributed by atoms with Crippen molar-refractivity contribution in [2.75, 3.05) is 0 Å². The summed E-state index contributed by atoms with van der Waals surface area (Å²) in [6, 6.07) is 17.5. The van der Waals surface area contributed by atoms with Crippen molar-refractivity contribution in [1.82, 2.24) is 0 Å². The second kappa shape index (κ2) is 7.43. The van der Waals surface area contributed by atoms with Crippen molar-refractivity contribution >= 4 is 21.5 Å². The highest BCUT2D eigenvalue weighted by Crippen LogP contribution is 2.25. The lowest BCUT2D eigenvalue weighted by molar-refractivity contribution is 0.217. The van der Waals surface area contributed by atoms with Crippen molar-refractivity contribution in [3.63, 3.8) is 0 Å². The standard InChI is InChI=1S/C18H19BrO2/c1-13(20)18(15-8-3-2-4-9-15)17(21)12-11-14-7-5-6-10-16(14)19/h2-10,17,20-21H,11-12H2,1H3/b18-13-. The molecule has 3 heteroatoms. The Morgan fingerprint density at radius 3 is 2.29 bits per heavy atom. The summed E-state index contributed by atoms with van der Waals surface area (Å²) >= 11 is 3.51. The van der Waals surface area contributed by atoms with Gasteiger partial charge in [0.15, 0.2) is 0 Å². The molecular weight excluding hydrogens is 328 g/mol. The molecule has 0 radical (unpaired) electrons. The van der Waals surface area contributed by atoms with Gasteiger partial charge in [-0.15, -0.1) is 0 Å². The number of allylic oxidation sites excluding steroid dienone is 1. The number of hydrogen-bond donors (Lipinski definition) is 2. The first kappa shape index (κ1) is 15.8. The largest absolute Gasteiger partial charge is 0.512 e. The summed E-state index contributed by atoms with van der Waals surface area (Å²) in [6.45, 7) is 1.62. The van der Waals surface area contributed by atoms with E-state index in [0.29, 0.717) is 12.0 Å². The van der Waals surface area contributed by atoms with Crippen molar-refractivity contribution in [1.29, 1.82) is 0 Å². The highest BCUT2D eigenvalue weighted by molar-refractivity contribution is 9.10. The van der Waals surface area contributed by atoms with Crippen molar-refractivity contribution in [3.8, 4) is 0 Å². The van der Waals surface area contributed by atoms with E-state index in [1.807, 2.05) is 54.6 Å². The maximum absolute atomic E-state index is 10.5. The average molecular weight is 347 g/mol. The Morgan fingerprint density at radius 1 is 1.05 bits per heavy atom. The van der Waals surface area contributed by atoms with Crippen molar-refractivity contribution < 1.29 is 10.2 Å². The smallest absolute Gasteiger partial charge is 0.0955 e. The number of aliphatic hydroxyl groups excluding tert-OH is 2. The minimum Gasteiger partial charge on any atom is -0.512 e. The van der Waals surface area contributed by atoms with Gasteiger partial charge in [-0.05, 0) is 37.0 Å². The molecule has 110 valence electrons. The van der Waals surface area contributed by atoms with E-state index in [-0.39, 0.29) is 5.76 Å². The molecule has 2 nitrogen and oxygen atoms in total. The summed E-state index contributed by atoms with van der Waals surface area (Å²) in [5, 5.41) is 20.3. The molecular formula is C18H19BrO2. The van der Waals surface area contributed by atoms with E-state index in [0.717, 1.165) is 22.0 Å². The van der Waals surface area contributed by atoms with Crippen LogP contribution in [0.3, 0.4) is 0 Å². The third-order valence-electron chi connectivity index (χ3n) is 3.45. The highest BCUT2D eigenvalue weighted by Gasteiger charge is 2.16. The van der Waals surface area contributed by atoms with Crippen LogP contribution in [0.4, 0.5) is 0 Å². The van der Waals surface area contributed by atoms with Crippen LogP contribution in [0.15, 0.2) is 64.8 Å². The molecule has 0 aliphatic carbocycles. The number of benzene rings is 2. The Morgan fingerprint density at radius 2 is 1.67 bits per heavy atom. The molecule has 0 amide bonds. The minimum atomic E-state index is -0.690. The molecule has 2 aromatic rings. The summed E-state index contributed by atoms with van der Waals surface area (Å²) in [5.74, 6) is 0.167. The van der Waals surface area contributed by atoms with Gasteiger partial charge in [0.25, 0.3) is 0 Å². The van der Waals surface area contributed by atoms with Gasteiger partial charge in [-0.1, -0.05) is 64.5 Å². The average Bonchev–Trinajstić information content (AvgIpc) is 2.47. The van der Waals surface area contributed by atoms with E-state index in [4.69, 9.17) is 0 Å². The minimum absolute atomic E-state index is 0.167. The van der Waals surface area contributed by atoms with E-state index < -0.39 is 6.10 Å². The normalized spacial score (nSPS) is 13.7. The lowest BCUT2D eigenvalue weighted by atomic mass is 9.95. The van der Waals surface area contributed by atoms with Crippen molar-refractivity contribution in [3.05, 3.63) is 76.0 Å². The maximum atomic E-state index is 10.5. The third-order valence-corrected chi connectivity index (χ3v) is 4.23. The number of rotatable bonds is 5. The van der Waals surface area contributed by atoms with Crippen molar-refractivity contribution in [2.45, 2.75) is 25.9 Å². The van der Waals surface area contributed by atoms with Gasteiger partial charge in [-0.25, -0.2) is 0 Å². The maximum Gasteiger partial charge on any atom is 0.0955 e. The second-order valence-electron chi connectivity index (χ2n) is 5.01. The highest BCUT2D eigenvalue weighted by atomic mass is 79.9. The van der Waals surface area contributed by atoms with Crippen LogP contribution in [0.2, 0.25) is 0 Å². The summed E-state index contributed by atoms with van der Waals surface area (Å²) in [5.41, 5.74) is 2.61. The van der Waals surface area contributed by atoms with Crippen molar-refractivity contribution in [2.24, 2.45) is 0 Å². The Labute approximate surface area is 133 Å². The second-order valence-corrected chi connectivity index (χ2v) is 5.87. The van der Waals surface area contributed by atoms with E-state index in [9.17, 15) is 10.2 Å². The molecule has 0 aliphatic heterocycles. The van der Waals surface area contributed by atoms with E-state index in [2.05, 4.69) is 15.9 Å². The summed E-state index contributed by atoms with van der Waals surface area (Å²) < 4.78 is 1.04. The zero-order valence-electron chi connectivity index (χ0n) is 12.0. The quantitative estimate of drug-likeness (QED) is 0.768. The topological polar surface area (TPSA) is 40.5 Å². The van der Waals surface area contributed by atoms with Crippen LogP contribution in [0.1, 0.15) is 24.5 Å². The number of aryl methyl sites for hydroxylation is 1. The Bertz CT molecular complexity index is 616. The molecule has 0 bridgehead atoms. The van der Waals surface area contributed by atoms with Crippen LogP contribution in [-0.4, -0.2) is 16.3 Å². The molecule has 1 atom stereocenters. The molecule has 0 saturated carbocycles. The molecule has 0 spiro atoms. The van der Waals surface area contributed by atoms with Crippen LogP contribution in [0, 0.1) is 0 Å². The summed E-state index contributed by atoms with van der Waals surface area (Å²) in [4.78, 5) is 0. The van der Waals surface area contributed by atoms with Gasteiger partial charge >= 0.3 is 0 Å². The summed E-state index contributed by atoms with van der Waals surface area (Å²) in [7, 11) is 0. The molecule has 0 heterocycles. The van der Waals surface area contributed by atoms with Gasteiger partial charge in [0.2, 0.25) is 0 Å². The van der Waals surface area contributed by atoms with Crippen LogP contribution in [-0.2, 0) is 6.42 Å². The lowest BCUT2D eigenvalue weighted by Gasteiger charge is -2.17. The molecule has 0 saturated heterocycles. The first-order valence-electron chi connectivity index (χ1n) is 6.96. The summed E-state index contributed by atoms with van der Waals surface area (Å²) in [6.07, 6.45) is 0.612. The fourth-order valence-electron chi connectivity index (χ4n) is 2.40. The third kappa shape index (κ3) is 4.19. The number of hydrogen-bond acceptors (Lipinski definition) is 2. The van der Waals surface area contributed by atoms with Crippen LogP contribution >= 0.6 is 15.9 Å². The van der Waals surface area contributed by atoms with E-state index >= 15 is 0 Å². The Balaban J connectivity index is 2.13. The van der Waals surface area contributed by atoms with Crippen LogP contribution in [0.5, 0.6) is 0 Å². The lowest BCUT2D eigenvalue weighted by Crippen LogP contribution is -2.12. The molecule has 2 aromatic carbocycles. The number of aliphatic hydroxyl groups is 2. The predicted molar refractivity (Wildman–Crippen MR) is 90.1 cm³/mol. The first-order valence-corrected chi connectivity index (χ1v) is 7.75. The zero-order valence-corrected chi connectivity index (χ0v) is 13.5. The van der Waals surface area contributed by atoms with Crippen LogP contribution < -0.4 is 0 Å². The van der Waals surface area contributed by atoms with Gasteiger partial charge < -0.3 is 10.2 Å². The molecule has 0 aromatic heterocycles.